The third-order valence-corrected chi connectivity index (χ3v) is 2.76. The van der Waals surface area contributed by atoms with Crippen LogP contribution >= 0.6 is 0 Å². The van der Waals surface area contributed by atoms with Gasteiger partial charge in [-0.05, 0) is 12.1 Å². The summed E-state index contributed by atoms with van der Waals surface area (Å²) in [6.07, 6.45) is -0.421. The van der Waals surface area contributed by atoms with E-state index < -0.39 is 18.0 Å². The summed E-state index contributed by atoms with van der Waals surface area (Å²) in [7, 11) is 0. The van der Waals surface area contributed by atoms with E-state index in [2.05, 4.69) is 0 Å². The average Bonchev–Trinajstić information content (AvgIpc) is 2.96. The number of benzene rings is 1. The Kier molecular flexibility index (Phi) is 2.51. The second kappa shape index (κ2) is 4.18. The number of carbonyl (C=O) groups is 2. The molecule has 92 valence electrons. The van der Waals surface area contributed by atoms with Gasteiger partial charge in [0.05, 0.1) is 6.61 Å². The van der Waals surface area contributed by atoms with Crippen LogP contribution in [0.4, 0.5) is 0 Å². The topological polar surface area (TPSA) is 65.7 Å². The van der Waals surface area contributed by atoms with Gasteiger partial charge in [-0.1, -0.05) is 18.2 Å². The van der Waals surface area contributed by atoms with Crippen molar-refractivity contribution in [2.24, 2.45) is 0 Å². The first kappa shape index (κ1) is 10.8. The predicted molar refractivity (Wildman–Crippen MR) is 61.0 cm³/mol. The van der Waals surface area contributed by atoms with Gasteiger partial charge >= 0.3 is 11.9 Å². The molecule has 0 amide bonds. The normalized spacial score (nSPS) is 18.9. The molecule has 1 saturated heterocycles. The Morgan fingerprint density at radius 3 is 2.89 bits per heavy atom. The van der Waals surface area contributed by atoms with E-state index in [0.717, 1.165) is 5.39 Å². The molecule has 1 aliphatic heterocycles. The monoisotopic (exact) mass is 246 g/mol. The van der Waals surface area contributed by atoms with E-state index in [1.807, 2.05) is 18.2 Å². The molecule has 0 aliphatic carbocycles. The largest absolute Gasteiger partial charge is 0.463 e. The third-order valence-electron chi connectivity index (χ3n) is 2.76. The van der Waals surface area contributed by atoms with Crippen LogP contribution in [-0.4, -0.2) is 24.6 Å². The highest BCUT2D eigenvalue weighted by Crippen LogP contribution is 2.21. The molecule has 18 heavy (non-hydrogen) atoms. The quantitative estimate of drug-likeness (QED) is 0.757. The SMILES string of the molecule is O=C(O[C@H]1CCOC1=O)c1cc2ccccc2o1. The maximum atomic E-state index is 11.8. The summed E-state index contributed by atoms with van der Waals surface area (Å²) in [6.45, 7) is 0.289. The summed E-state index contributed by atoms with van der Waals surface area (Å²) in [5.74, 6) is -1.05. The number of hydrogen-bond donors (Lipinski definition) is 0. The zero-order valence-electron chi connectivity index (χ0n) is 9.42. The van der Waals surface area contributed by atoms with Crippen molar-refractivity contribution in [2.45, 2.75) is 12.5 Å². The molecule has 0 unspecified atom stereocenters. The lowest BCUT2D eigenvalue weighted by Crippen LogP contribution is -2.22. The first-order valence-corrected chi connectivity index (χ1v) is 5.60. The van der Waals surface area contributed by atoms with Crippen LogP contribution in [0.5, 0.6) is 0 Å². The number of hydrogen-bond acceptors (Lipinski definition) is 5. The van der Waals surface area contributed by atoms with Crippen LogP contribution < -0.4 is 0 Å². The van der Waals surface area contributed by atoms with Gasteiger partial charge in [0, 0.05) is 11.8 Å². The van der Waals surface area contributed by atoms with Crippen LogP contribution in [0, 0.1) is 0 Å². The molecule has 1 aliphatic rings. The van der Waals surface area contributed by atoms with Crippen LogP contribution in [0.3, 0.4) is 0 Å². The van der Waals surface area contributed by atoms with Gasteiger partial charge in [0.2, 0.25) is 11.9 Å². The van der Waals surface area contributed by atoms with Crippen molar-refractivity contribution >= 4 is 22.9 Å². The minimum absolute atomic E-state index is 0.0934. The first-order chi connectivity index (χ1) is 8.74. The van der Waals surface area contributed by atoms with Crippen LogP contribution in [0.25, 0.3) is 11.0 Å². The van der Waals surface area contributed by atoms with Gasteiger partial charge in [0.25, 0.3) is 0 Å². The average molecular weight is 246 g/mol. The van der Waals surface area contributed by atoms with Crippen molar-refractivity contribution in [1.82, 2.24) is 0 Å². The van der Waals surface area contributed by atoms with E-state index in [9.17, 15) is 9.59 Å². The summed E-state index contributed by atoms with van der Waals surface area (Å²) in [6, 6.07) is 8.85. The Balaban J connectivity index is 1.81. The maximum absolute atomic E-state index is 11.8. The van der Waals surface area contributed by atoms with Crippen LogP contribution in [0.15, 0.2) is 34.7 Å². The smallest absolute Gasteiger partial charge is 0.375 e. The van der Waals surface area contributed by atoms with Gasteiger partial charge in [0.15, 0.2) is 0 Å². The number of esters is 2. The van der Waals surface area contributed by atoms with E-state index in [-0.39, 0.29) is 12.4 Å². The molecule has 5 heteroatoms. The molecular weight excluding hydrogens is 236 g/mol. The number of fused-ring (bicyclic) bond motifs is 1. The van der Waals surface area contributed by atoms with Crippen LogP contribution in [0.1, 0.15) is 17.0 Å². The highest BCUT2D eigenvalue weighted by Gasteiger charge is 2.31. The van der Waals surface area contributed by atoms with Crippen molar-refractivity contribution < 1.29 is 23.5 Å². The van der Waals surface area contributed by atoms with Crippen molar-refractivity contribution in [3.8, 4) is 0 Å². The Morgan fingerprint density at radius 2 is 2.17 bits per heavy atom. The number of carbonyl (C=O) groups excluding carboxylic acids is 2. The summed E-state index contributed by atoms with van der Waals surface area (Å²) < 4.78 is 15.1. The number of cyclic esters (lactones) is 1. The molecule has 3 rings (SSSR count). The maximum Gasteiger partial charge on any atom is 0.375 e. The molecule has 1 aromatic carbocycles. The Labute approximate surface area is 102 Å². The molecule has 0 saturated carbocycles. The lowest BCUT2D eigenvalue weighted by atomic mass is 10.2. The second-order valence-electron chi connectivity index (χ2n) is 4.00. The summed E-state index contributed by atoms with van der Waals surface area (Å²) in [4.78, 5) is 23.0. The van der Waals surface area contributed by atoms with Gasteiger partial charge in [-0.25, -0.2) is 9.59 Å². The first-order valence-electron chi connectivity index (χ1n) is 5.60. The zero-order valence-corrected chi connectivity index (χ0v) is 9.42. The molecule has 0 N–H and O–H groups in total. The van der Waals surface area contributed by atoms with Crippen LogP contribution in [-0.2, 0) is 14.3 Å². The molecule has 2 heterocycles. The molecule has 0 spiro atoms. The van der Waals surface area contributed by atoms with Gasteiger partial charge < -0.3 is 13.9 Å². The fourth-order valence-electron chi connectivity index (χ4n) is 1.85. The van der Waals surface area contributed by atoms with Crippen molar-refractivity contribution in [3.05, 3.63) is 36.1 Å². The Morgan fingerprint density at radius 1 is 1.33 bits per heavy atom. The van der Waals surface area contributed by atoms with Crippen molar-refractivity contribution in [1.29, 1.82) is 0 Å². The number of rotatable bonds is 2. The third kappa shape index (κ3) is 1.84. The summed E-state index contributed by atoms with van der Waals surface area (Å²) in [5, 5.41) is 0.818. The number of furan rings is 1. The van der Waals surface area contributed by atoms with E-state index in [1.54, 1.807) is 12.1 Å². The predicted octanol–water partition coefficient (Wildman–Crippen LogP) is 1.91. The molecular formula is C13H10O5. The van der Waals surface area contributed by atoms with E-state index in [1.165, 1.54) is 0 Å². The minimum Gasteiger partial charge on any atom is -0.463 e. The van der Waals surface area contributed by atoms with Gasteiger partial charge in [-0.15, -0.1) is 0 Å². The van der Waals surface area contributed by atoms with E-state index in [4.69, 9.17) is 13.9 Å². The van der Waals surface area contributed by atoms with Gasteiger partial charge in [-0.2, -0.15) is 0 Å². The van der Waals surface area contributed by atoms with Crippen molar-refractivity contribution in [2.75, 3.05) is 6.61 Å². The molecule has 1 aromatic heterocycles. The van der Waals surface area contributed by atoms with E-state index in [0.29, 0.717) is 12.0 Å². The summed E-state index contributed by atoms with van der Waals surface area (Å²) in [5.41, 5.74) is 0.610. The van der Waals surface area contributed by atoms with E-state index >= 15 is 0 Å². The number of ether oxygens (including phenoxy) is 2. The number of para-hydroxylation sites is 1. The highest BCUT2D eigenvalue weighted by atomic mass is 16.6. The molecule has 1 atom stereocenters. The molecule has 2 aromatic rings. The fraction of sp³-hybridized carbons (Fsp3) is 0.231. The van der Waals surface area contributed by atoms with Crippen LogP contribution in [0.2, 0.25) is 0 Å². The lowest BCUT2D eigenvalue weighted by Gasteiger charge is -2.05. The minimum atomic E-state index is -0.814. The fourth-order valence-corrected chi connectivity index (χ4v) is 1.85. The zero-order chi connectivity index (χ0) is 12.5. The standard InChI is InChI=1S/C13H10O5/c14-12-10(5-6-16-12)18-13(15)11-7-8-3-1-2-4-9(8)17-11/h1-4,7,10H,5-6H2/t10-/m0/s1. The van der Waals surface area contributed by atoms with Gasteiger partial charge in [0.1, 0.15) is 5.58 Å². The van der Waals surface area contributed by atoms with Gasteiger partial charge in [-0.3, -0.25) is 0 Å². The molecule has 0 radical (unpaired) electrons. The van der Waals surface area contributed by atoms with Crippen molar-refractivity contribution in [3.63, 3.8) is 0 Å². The molecule has 0 bridgehead atoms. The molecule has 1 fully saturated rings. The Bertz CT molecular complexity index is 580. The second-order valence-corrected chi connectivity index (χ2v) is 4.00. The lowest BCUT2D eigenvalue weighted by molar-refractivity contribution is -0.145. The molecule has 5 nitrogen and oxygen atoms in total. The highest BCUT2D eigenvalue weighted by molar-refractivity contribution is 5.94. The summed E-state index contributed by atoms with van der Waals surface area (Å²) >= 11 is 0. The Hall–Kier alpha value is -2.30.